The average Bonchev–Trinajstić information content (AvgIpc) is 3.08. The normalized spacial score (nSPS) is 14.9. The van der Waals surface area contributed by atoms with Gasteiger partial charge in [0.15, 0.2) is 12.3 Å². The number of aliphatic hydroxyl groups is 1. The third kappa shape index (κ3) is 9.11. The number of ketones is 1. The molecule has 0 aliphatic heterocycles. The fourth-order valence-electron chi connectivity index (χ4n) is 6.30. The van der Waals surface area contributed by atoms with Crippen LogP contribution in [0.1, 0.15) is 70.4 Å². The Bertz CT molecular complexity index is 1500. The number of hydrazone groups is 1. The molecule has 0 radical (unpaired) electrons. The molecule has 0 amide bonds. The molecule has 0 bridgehead atoms. The van der Waals surface area contributed by atoms with Gasteiger partial charge in [-0.3, -0.25) is 9.59 Å². The summed E-state index contributed by atoms with van der Waals surface area (Å²) in [6.07, 6.45) is 6.11. The van der Waals surface area contributed by atoms with Crippen LogP contribution in [0, 0.1) is 0 Å². The standard InChI is InChI=1S/C38H51N5O4/c1-7-42(8-2)32-20-14-29(15-21-32)35-37(45)36(38(35)46)30-16-22-33(23-17-30)43(9-3)25-26-47-34(44)11-10-24-41(6)31-18-12-28(13-19-31)27-39-40(4)5/h12-15,18-21,27H,7-11,16-17,22-26H2,1-6H3/p+1/b39-27+. The van der Waals surface area contributed by atoms with Crippen LogP contribution < -0.4 is 9.80 Å². The van der Waals surface area contributed by atoms with Crippen molar-refractivity contribution < 1.29 is 24.0 Å². The molecule has 47 heavy (non-hydrogen) atoms. The van der Waals surface area contributed by atoms with Crippen LogP contribution in [0.4, 0.5) is 11.4 Å². The number of rotatable bonds is 15. The van der Waals surface area contributed by atoms with E-state index in [-0.39, 0.29) is 17.5 Å². The number of esters is 1. The zero-order valence-corrected chi connectivity index (χ0v) is 29.1. The van der Waals surface area contributed by atoms with E-state index in [1.54, 1.807) is 5.01 Å². The summed E-state index contributed by atoms with van der Waals surface area (Å²) in [5, 5.41) is 16.9. The maximum atomic E-state index is 13.2. The number of likely N-dealkylation sites (N-methyl/N-ethyl adjacent to an activating group) is 1. The highest BCUT2D eigenvalue weighted by molar-refractivity contribution is 6.39. The van der Waals surface area contributed by atoms with Crippen LogP contribution >= 0.6 is 0 Å². The van der Waals surface area contributed by atoms with Gasteiger partial charge in [0.05, 0.1) is 17.4 Å². The van der Waals surface area contributed by atoms with Gasteiger partial charge in [0, 0.05) is 71.4 Å². The Balaban J connectivity index is 1.22. The summed E-state index contributed by atoms with van der Waals surface area (Å²) in [6.45, 7) is 10.8. The topological polar surface area (TPSA) is 88.7 Å². The van der Waals surface area contributed by atoms with Crippen LogP contribution in [0.2, 0.25) is 0 Å². The summed E-state index contributed by atoms with van der Waals surface area (Å²) in [5.74, 6) is -0.0851. The van der Waals surface area contributed by atoms with Gasteiger partial charge in [0.2, 0.25) is 5.78 Å². The van der Waals surface area contributed by atoms with Gasteiger partial charge >= 0.3 is 5.97 Å². The van der Waals surface area contributed by atoms with Crippen molar-refractivity contribution in [3.8, 4) is 0 Å². The molecule has 9 nitrogen and oxygen atoms in total. The van der Waals surface area contributed by atoms with Gasteiger partial charge in [-0.15, -0.1) is 0 Å². The second-order valence-electron chi connectivity index (χ2n) is 12.3. The van der Waals surface area contributed by atoms with Crippen LogP contribution in [0.3, 0.4) is 0 Å². The number of Topliss-reactive ketones (excluding diaryl/α,β-unsaturated/α-hetero) is 1. The Morgan fingerprint density at radius 1 is 0.915 bits per heavy atom. The van der Waals surface area contributed by atoms with E-state index in [1.807, 2.05) is 63.8 Å². The van der Waals surface area contributed by atoms with Gasteiger partial charge in [-0.2, -0.15) is 5.10 Å². The third-order valence-electron chi connectivity index (χ3n) is 9.10. The molecule has 4 rings (SSSR count). The minimum Gasteiger partial charge on any atom is -0.506 e. The molecule has 0 saturated heterocycles. The molecular formula is C38H52N5O4+. The third-order valence-corrected chi connectivity index (χ3v) is 9.10. The van der Waals surface area contributed by atoms with E-state index in [9.17, 15) is 14.7 Å². The zero-order chi connectivity index (χ0) is 33.9. The van der Waals surface area contributed by atoms with E-state index in [0.717, 1.165) is 86.4 Å². The molecule has 2 aromatic carbocycles. The van der Waals surface area contributed by atoms with E-state index in [4.69, 9.17) is 4.74 Å². The molecule has 0 aromatic heterocycles. The van der Waals surface area contributed by atoms with Gasteiger partial charge in [-0.25, -0.2) is 4.58 Å². The first-order valence-corrected chi connectivity index (χ1v) is 17.0. The molecule has 0 spiro atoms. The smallest absolute Gasteiger partial charge is 0.306 e. The Kier molecular flexibility index (Phi) is 12.8. The van der Waals surface area contributed by atoms with E-state index >= 15 is 0 Å². The van der Waals surface area contributed by atoms with Gasteiger partial charge in [0.1, 0.15) is 18.9 Å². The lowest BCUT2D eigenvalue weighted by molar-refractivity contribution is -0.528. The van der Waals surface area contributed by atoms with Crippen molar-refractivity contribution >= 4 is 40.6 Å². The van der Waals surface area contributed by atoms with Crippen molar-refractivity contribution in [2.45, 2.75) is 59.3 Å². The van der Waals surface area contributed by atoms with Crippen LogP contribution in [-0.2, 0) is 14.3 Å². The fourth-order valence-corrected chi connectivity index (χ4v) is 6.30. The average molecular weight is 643 g/mol. The molecule has 1 fully saturated rings. The number of hydrogen-bond donors (Lipinski definition) is 1. The van der Waals surface area contributed by atoms with Gasteiger partial charge in [-0.1, -0.05) is 29.8 Å². The number of hydrogen-bond acceptors (Lipinski definition) is 8. The van der Waals surface area contributed by atoms with Gasteiger partial charge in [0.25, 0.3) is 0 Å². The summed E-state index contributed by atoms with van der Waals surface area (Å²) < 4.78 is 7.88. The number of ether oxygens (including phenoxy) is 1. The lowest BCUT2D eigenvalue weighted by Gasteiger charge is -2.27. The first-order valence-electron chi connectivity index (χ1n) is 17.0. The molecule has 9 heteroatoms. The first kappa shape index (κ1) is 35.5. The number of allylic oxidation sites excluding steroid dienone is 3. The van der Waals surface area contributed by atoms with Crippen molar-refractivity contribution in [3.63, 3.8) is 0 Å². The van der Waals surface area contributed by atoms with Crippen molar-refractivity contribution in [2.24, 2.45) is 5.10 Å². The Morgan fingerprint density at radius 2 is 1.55 bits per heavy atom. The molecule has 2 aliphatic rings. The van der Waals surface area contributed by atoms with E-state index in [0.29, 0.717) is 30.7 Å². The van der Waals surface area contributed by atoms with Crippen LogP contribution in [0.15, 0.2) is 70.5 Å². The SMILES string of the molecule is CCN(CC)c1ccc(C2=C(O)C(=C3CCC(=[N+](CC)CCOC(=O)CCCN(C)c4ccc(/C=N/N(C)C)cc4)CC3)C2=O)cc1. The summed E-state index contributed by atoms with van der Waals surface area (Å²) in [7, 11) is 5.81. The summed E-state index contributed by atoms with van der Waals surface area (Å²) in [4.78, 5) is 30.0. The Labute approximate surface area is 280 Å². The van der Waals surface area contributed by atoms with Crippen molar-refractivity contribution in [1.82, 2.24) is 5.01 Å². The number of anilines is 2. The van der Waals surface area contributed by atoms with Crippen LogP contribution in [-0.4, -0.2) is 98.8 Å². The maximum Gasteiger partial charge on any atom is 0.306 e. The molecule has 0 heterocycles. The number of carbonyl (C=O) groups excluding carboxylic acids is 2. The van der Waals surface area contributed by atoms with Crippen molar-refractivity contribution in [2.75, 3.05) is 70.3 Å². The maximum absolute atomic E-state index is 13.2. The highest BCUT2D eigenvalue weighted by Gasteiger charge is 2.38. The molecule has 252 valence electrons. The Morgan fingerprint density at radius 3 is 2.13 bits per heavy atom. The molecule has 0 atom stereocenters. The number of nitrogens with zero attached hydrogens (tertiary/aromatic N) is 5. The summed E-state index contributed by atoms with van der Waals surface area (Å²) in [6, 6.07) is 16.1. The lowest BCUT2D eigenvalue weighted by Crippen LogP contribution is -2.29. The van der Waals surface area contributed by atoms with Crippen molar-refractivity contribution in [3.05, 3.63) is 76.6 Å². The predicted molar refractivity (Wildman–Crippen MR) is 192 cm³/mol. The quantitative estimate of drug-likeness (QED) is 0.0828. The predicted octanol–water partition coefficient (Wildman–Crippen LogP) is 6.08. The molecule has 1 saturated carbocycles. The lowest BCUT2D eigenvalue weighted by atomic mass is 9.77. The van der Waals surface area contributed by atoms with E-state index < -0.39 is 0 Å². The largest absolute Gasteiger partial charge is 0.506 e. The number of benzene rings is 2. The summed E-state index contributed by atoms with van der Waals surface area (Å²) in [5.41, 5.74) is 7.32. The molecule has 2 aliphatic carbocycles. The molecule has 1 N–H and O–H groups in total. The van der Waals surface area contributed by atoms with Crippen molar-refractivity contribution in [1.29, 1.82) is 0 Å². The minimum atomic E-state index is -0.172. The molecular weight excluding hydrogens is 590 g/mol. The monoisotopic (exact) mass is 642 g/mol. The highest BCUT2D eigenvalue weighted by atomic mass is 16.5. The summed E-state index contributed by atoms with van der Waals surface area (Å²) >= 11 is 0. The van der Waals surface area contributed by atoms with E-state index in [1.165, 1.54) is 5.71 Å². The Hall–Kier alpha value is -4.40. The van der Waals surface area contributed by atoms with Gasteiger partial charge in [-0.05, 0) is 75.4 Å². The molecule has 2 aromatic rings. The highest BCUT2D eigenvalue weighted by Crippen LogP contribution is 2.41. The van der Waals surface area contributed by atoms with Gasteiger partial charge < -0.3 is 24.7 Å². The zero-order valence-electron chi connectivity index (χ0n) is 29.1. The second-order valence-corrected chi connectivity index (χ2v) is 12.3. The first-order chi connectivity index (χ1) is 22.7. The number of carbonyl (C=O) groups is 2. The van der Waals surface area contributed by atoms with E-state index in [2.05, 4.69) is 52.4 Å². The number of aliphatic hydroxyl groups excluding tert-OH is 1. The second kappa shape index (κ2) is 17.0. The minimum absolute atomic E-state index is 0.0505. The molecule has 0 unspecified atom stereocenters. The van der Waals surface area contributed by atoms with Crippen LogP contribution in [0.5, 0.6) is 0 Å². The fraction of sp³-hybridized carbons (Fsp3) is 0.474. The van der Waals surface area contributed by atoms with Crippen LogP contribution in [0.25, 0.3) is 5.57 Å².